The zero-order chi connectivity index (χ0) is 18.1. The van der Waals surface area contributed by atoms with Crippen molar-refractivity contribution in [3.8, 4) is 10.4 Å². The third-order valence-corrected chi connectivity index (χ3v) is 5.58. The Morgan fingerprint density at radius 2 is 2.23 bits per heavy atom. The molecule has 132 valence electrons. The van der Waals surface area contributed by atoms with Crippen LogP contribution in [0.25, 0.3) is 20.7 Å². The quantitative estimate of drug-likeness (QED) is 0.671. The van der Waals surface area contributed by atoms with Gasteiger partial charge in [0.1, 0.15) is 17.0 Å². The van der Waals surface area contributed by atoms with Gasteiger partial charge in [-0.05, 0) is 30.9 Å². The SMILES string of the molecule is C=C(/C=C\C=C/CC)Nc1ncnc2sc3c(c12)CCc1nn(C)cc1-3. The van der Waals surface area contributed by atoms with E-state index < -0.39 is 0 Å². The molecule has 1 N–H and O–H groups in total. The van der Waals surface area contributed by atoms with Gasteiger partial charge in [-0.3, -0.25) is 4.68 Å². The Labute approximate surface area is 156 Å². The van der Waals surface area contributed by atoms with E-state index in [9.17, 15) is 0 Å². The van der Waals surface area contributed by atoms with E-state index in [1.54, 1.807) is 17.7 Å². The van der Waals surface area contributed by atoms with Gasteiger partial charge in [-0.1, -0.05) is 31.7 Å². The topological polar surface area (TPSA) is 55.6 Å². The van der Waals surface area contributed by atoms with E-state index in [1.165, 1.54) is 21.7 Å². The molecule has 0 aliphatic heterocycles. The number of hydrogen-bond acceptors (Lipinski definition) is 5. The van der Waals surface area contributed by atoms with E-state index in [0.29, 0.717) is 0 Å². The lowest BCUT2D eigenvalue weighted by Crippen LogP contribution is -2.03. The molecule has 3 aromatic rings. The molecule has 0 saturated carbocycles. The number of rotatable bonds is 5. The summed E-state index contributed by atoms with van der Waals surface area (Å²) in [5, 5.41) is 9.04. The maximum absolute atomic E-state index is 4.58. The maximum Gasteiger partial charge on any atom is 0.142 e. The van der Waals surface area contributed by atoms with Crippen LogP contribution < -0.4 is 5.32 Å². The number of hydrogen-bond donors (Lipinski definition) is 1. The van der Waals surface area contributed by atoms with Crippen LogP contribution in [0, 0.1) is 0 Å². The summed E-state index contributed by atoms with van der Waals surface area (Å²) in [6.45, 7) is 6.20. The van der Waals surface area contributed by atoms with Crippen LogP contribution in [0.5, 0.6) is 0 Å². The molecule has 0 aromatic carbocycles. The highest BCUT2D eigenvalue weighted by atomic mass is 32.1. The van der Waals surface area contributed by atoms with Gasteiger partial charge in [0.2, 0.25) is 0 Å². The highest BCUT2D eigenvalue weighted by Crippen LogP contribution is 2.44. The third-order valence-electron chi connectivity index (χ3n) is 4.41. The van der Waals surface area contributed by atoms with Gasteiger partial charge >= 0.3 is 0 Å². The predicted molar refractivity (Wildman–Crippen MR) is 108 cm³/mol. The van der Waals surface area contributed by atoms with Crippen LogP contribution in [-0.4, -0.2) is 19.7 Å². The molecule has 0 atom stereocenters. The number of aryl methyl sites for hydroxylation is 3. The molecule has 0 fully saturated rings. The van der Waals surface area contributed by atoms with Crippen molar-refractivity contribution in [3.05, 3.63) is 60.4 Å². The van der Waals surface area contributed by atoms with E-state index >= 15 is 0 Å². The first-order valence-corrected chi connectivity index (χ1v) is 9.57. The molecule has 0 spiro atoms. The zero-order valence-corrected chi connectivity index (χ0v) is 15.8. The number of nitrogens with zero attached hydrogens (tertiary/aromatic N) is 4. The van der Waals surface area contributed by atoms with Gasteiger partial charge in [0, 0.05) is 29.4 Å². The second kappa shape index (κ2) is 6.88. The number of thiophene rings is 1. The lowest BCUT2D eigenvalue weighted by Gasteiger charge is -2.12. The van der Waals surface area contributed by atoms with Crippen molar-refractivity contribution in [1.29, 1.82) is 0 Å². The van der Waals surface area contributed by atoms with E-state index in [4.69, 9.17) is 0 Å². The number of fused-ring (bicyclic) bond motifs is 5. The van der Waals surface area contributed by atoms with Gasteiger partial charge in [0.05, 0.1) is 11.1 Å². The Morgan fingerprint density at radius 3 is 3.08 bits per heavy atom. The summed E-state index contributed by atoms with van der Waals surface area (Å²) in [5.74, 6) is 0.828. The van der Waals surface area contributed by atoms with Gasteiger partial charge in [-0.25, -0.2) is 9.97 Å². The molecule has 4 rings (SSSR count). The normalized spacial score (nSPS) is 13.5. The molecule has 26 heavy (non-hydrogen) atoms. The van der Waals surface area contributed by atoms with Crippen molar-refractivity contribution in [2.24, 2.45) is 7.05 Å². The third kappa shape index (κ3) is 2.97. The molecule has 1 aliphatic rings. The minimum Gasteiger partial charge on any atom is -0.340 e. The Morgan fingerprint density at radius 1 is 1.35 bits per heavy atom. The monoisotopic (exact) mass is 363 g/mol. The van der Waals surface area contributed by atoms with E-state index in [-0.39, 0.29) is 0 Å². The van der Waals surface area contributed by atoms with E-state index in [2.05, 4.69) is 46.2 Å². The van der Waals surface area contributed by atoms with Gasteiger partial charge in [-0.2, -0.15) is 5.10 Å². The van der Waals surface area contributed by atoms with Crippen LogP contribution in [0.2, 0.25) is 0 Å². The molecule has 5 nitrogen and oxygen atoms in total. The molecular weight excluding hydrogens is 342 g/mol. The average molecular weight is 363 g/mol. The van der Waals surface area contributed by atoms with E-state index in [1.807, 2.05) is 30.0 Å². The highest BCUT2D eigenvalue weighted by molar-refractivity contribution is 7.22. The smallest absolute Gasteiger partial charge is 0.142 e. The summed E-state index contributed by atoms with van der Waals surface area (Å²) >= 11 is 1.72. The minimum absolute atomic E-state index is 0.809. The van der Waals surface area contributed by atoms with Gasteiger partial charge in [-0.15, -0.1) is 11.3 Å². The van der Waals surface area contributed by atoms with Crippen molar-refractivity contribution in [2.45, 2.75) is 26.2 Å². The van der Waals surface area contributed by atoms with Crippen LogP contribution in [0.3, 0.4) is 0 Å². The standard InChI is InChI=1S/C20H21N5S/c1-4-5-6-7-8-13(2)23-19-17-14-9-10-16-15(11-25(3)24-16)18(14)26-20(17)22-12-21-19/h5-8,11-12H,2,4,9-10H2,1,3H3,(H,21,22,23)/b6-5-,8-7-. The first kappa shape index (κ1) is 16.7. The van der Waals surface area contributed by atoms with Gasteiger partial charge in [0.15, 0.2) is 0 Å². The number of nitrogens with one attached hydrogen (secondary N) is 1. The molecule has 3 heterocycles. The lowest BCUT2D eigenvalue weighted by molar-refractivity contribution is 0.737. The Bertz CT molecular complexity index is 1040. The Balaban J connectivity index is 1.72. The molecule has 0 radical (unpaired) electrons. The van der Waals surface area contributed by atoms with Crippen LogP contribution in [0.4, 0.5) is 5.82 Å². The van der Waals surface area contributed by atoms with Crippen molar-refractivity contribution < 1.29 is 0 Å². The Kier molecular flexibility index (Phi) is 4.42. The summed E-state index contributed by atoms with van der Waals surface area (Å²) in [7, 11) is 1.97. The highest BCUT2D eigenvalue weighted by Gasteiger charge is 2.25. The summed E-state index contributed by atoms with van der Waals surface area (Å²) in [6, 6.07) is 0. The molecule has 3 aromatic heterocycles. The second-order valence-electron chi connectivity index (χ2n) is 6.32. The fourth-order valence-electron chi connectivity index (χ4n) is 3.27. The molecule has 1 aliphatic carbocycles. The summed E-state index contributed by atoms with van der Waals surface area (Å²) < 4.78 is 1.89. The maximum atomic E-state index is 4.58. The molecular formula is C20H21N5S. The van der Waals surface area contributed by atoms with Crippen molar-refractivity contribution in [1.82, 2.24) is 19.7 Å². The van der Waals surface area contributed by atoms with Crippen LogP contribution in [0.1, 0.15) is 24.6 Å². The molecule has 0 unspecified atom stereocenters. The van der Waals surface area contributed by atoms with Crippen LogP contribution in [0.15, 0.2) is 49.1 Å². The second-order valence-corrected chi connectivity index (χ2v) is 7.32. The summed E-state index contributed by atoms with van der Waals surface area (Å²) in [5.41, 5.74) is 4.52. The molecule has 6 heteroatoms. The van der Waals surface area contributed by atoms with Gasteiger partial charge in [0.25, 0.3) is 0 Å². The molecule has 0 amide bonds. The summed E-state index contributed by atoms with van der Waals surface area (Å²) in [6.07, 6.45) is 14.7. The van der Waals surface area contributed by atoms with Crippen molar-refractivity contribution in [2.75, 3.05) is 5.32 Å². The minimum atomic E-state index is 0.809. The fourth-order valence-corrected chi connectivity index (χ4v) is 4.50. The van der Waals surface area contributed by atoms with Crippen LogP contribution in [-0.2, 0) is 19.9 Å². The lowest BCUT2D eigenvalue weighted by atomic mass is 9.95. The fraction of sp³-hybridized carbons (Fsp3) is 0.250. The van der Waals surface area contributed by atoms with Crippen molar-refractivity contribution in [3.63, 3.8) is 0 Å². The van der Waals surface area contributed by atoms with Crippen LogP contribution >= 0.6 is 11.3 Å². The first-order valence-electron chi connectivity index (χ1n) is 8.75. The molecule has 0 bridgehead atoms. The Hall–Kier alpha value is -2.73. The number of allylic oxidation sites excluding steroid dienone is 4. The van der Waals surface area contributed by atoms with Gasteiger partial charge < -0.3 is 5.32 Å². The first-order chi connectivity index (χ1) is 12.7. The van der Waals surface area contributed by atoms with Crippen molar-refractivity contribution >= 4 is 27.4 Å². The van der Waals surface area contributed by atoms with E-state index in [0.717, 1.165) is 41.0 Å². The largest absolute Gasteiger partial charge is 0.340 e. The predicted octanol–water partition coefficient (Wildman–Crippen LogP) is 4.64. The average Bonchev–Trinajstić information content (AvgIpc) is 3.18. The zero-order valence-electron chi connectivity index (χ0n) is 15.0. The molecule has 0 saturated heterocycles. The summed E-state index contributed by atoms with van der Waals surface area (Å²) in [4.78, 5) is 11.3. The number of aromatic nitrogens is 4. The number of anilines is 1.